The van der Waals surface area contributed by atoms with E-state index >= 15 is 0 Å². The monoisotopic (exact) mass is 281 g/mol. The predicted molar refractivity (Wildman–Crippen MR) is 67.3 cm³/mol. The van der Waals surface area contributed by atoms with Gasteiger partial charge in [-0.25, -0.2) is 15.0 Å². The van der Waals surface area contributed by atoms with Crippen LogP contribution in [0.4, 0.5) is 5.82 Å². The number of hydrogen-bond donors (Lipinski definition) is 4. The lowest BCUT2D eigenvalue weighted by Gasteiger charge is -2.17. The number of imidazole rings is 1. The van der Waals surface area contributed by atoms with Gasteiger partial charge < -0.3 is 25.8 Å². The second kappa shape index (κ2) is 4.63. The van der Waals surface area contributed by atoms with Crippen molar-refractivity contribution in [3.8, 4) is 0 Å². The van der Waals surface area contributed by atoms with Gasteiger partial charge in [-0.15, -0.1) is 0 Å². The van der Waals surface area contributed by atoms with E-state index in [0.717, 1.165) is 0 Å². The first kappa shape index (κ1) is 13.2. The zero-order chi connectivity index (χ0) is 14.4. The molecular formula is C11H15N5O4. The summed E-state index contributed by atoms with van der Waals surface area (Å²) in [6.07, 6.45) is -2.42. The Morgan fingerprint density at radius 2 is 2.05 bits per heavy atom. The number of aromatic nitrogens is 4. The number of nitrogen functional groups attached to an aromatic ring is 1. The van der Waals surface area contributed by atoms with Crippen molar-refractivity contribution in [2.75, 3.05) is 5.73 Å². The lowest BCUT2D eigenvalue weighted by Crippen LogP contribution is -2.37. The Labute approximate surface area is 113 Å². The lowest BCUT2D eigenvalue weighted by atomic mass is 10.1. The lowest BCUT2D eigenvalue weighted by molar-refractivity contribution is -0.0777. The first-order valence-electron chi connectivity index (χ1n) is 6.13. The third kappa shape index (κ3) is 1.83. The second-order valence-electron chi connectivity index (χ2n) is 4.80. The van der Waals surface area contributed by atoms with E-state index in [-0.39, 0.29) is 5.82 Å². The van der Waals surface area contributed by atoms with Gasteiger partial charge in [0.25, 0.3) is 0 Å². The number of fused-ring (bicyclic) bond motifs is 1. The predicted octanol–water partition coefficient (Wildman–Crippen LogP) is -1.59. The quantitative estimate of drug-likeness (QED) is 0.516. The third-order valence-electron chi connectivity index (χ3n) is 3.41. The molecule has 0 aliphatic carbocycles. The molecule has 3 rings (SSSR count). The molecule has 3 heterocycles. The van der Waals surface area contributed by atoms with Gasteiger partial charge in [-0.2, -0.15) is 0 Å². The highest BCUT2D eigenvalue weighted by Crippen LogP contribution is 2.33. The average molecular weight is 281 g/mol. The van der Waals surface area contributed by atoms with Crippen LogP contribution in [0.15, 0.2) is 12.7 Å². The van der Waals surface area contributed by atoms with E-state index in [1.807, 2.05) is 0 Å². The fourth-order valence-electron chi connectivity index (χ4n) is 2.37. The van der Waals surface area contributed by atoms with Crippen LogP contribution in [-0.4, -0.2) is 59.3 Å². The maximum Gasteiger partial charge on any atom is 0.167 e. The van der Waals surface area contributed by atoms with Gasteiger partial charge in [-0.1, -0.05) is 0 Å². The normalized spacial score (nSPS) is 31.8. The maximum absolute atomic E-state index is 10.1. The van der Waals surface area contributed by atoms with Gasteiger partial charge in [-0.05, 0) is 6.92 Å². The number of nitrogens with zero attached hydrogens (tertiary/aromatic N) is 4. The number of rotatable bonds is 2. The van der Waals surface area contributed by atoms with E-state index in [2.05, 4.69) is 15.0 Å². The van der Waals surface area contributed by atoms with E-state index < -0.39 is 30.6 Å². The molecule has 9 nitrogen and oxygen atoms in total. The Kier molecular flexibility index (Phi) is 3.05. The number of ether oxygens (including phenoxy) is 1. The fraction of sp³-hybridized carbons (Fsp3) is 0.545. The van der Waals surface area contributed by atoms with E-state index in [1.54, 1.807) is 0 Å². The summed E-state index contributed by atoms with van der Waals surface area (Å²) < 4.78 is 6.97. The van der Waals surface area contributed by atoms with Crippen molar-refractivity contribution < 1.29 is 20.1 Å². The van der Waals surface area contributed by atoms with E-state index in [4.69, 9.17) is 10.5 Å². The highest BCUT2D eigenvalue weighted by atomic mass is 16.6. The molecule has 5 N–H and O–H groups in total. The molecule has 5 atom stereocenters. The van der Waals surface area contributed by atoms with Gasteiger partial charge in [0, 0.05) is 0 Å². The summed E-state index contributed by atoms with van der Waals surface area (Å²) in [6.45, 7) is 1.48. The SMILES string of the molecule is CC(O)[C@@H]1O[C@@H](n2cnc3c(N)ncnc32)[C@H](O)[C@@H]1O. The first-order valence-corrected chi connectivity index (χ1v) is 6.13. The highest BCUT2D eigenvalue weighted by molar-refractivity contribution is 5.81. The van der Waals surface area contributed by atoms with Gasteiger partial charge in [0.15, 0.2) is 17.7 Å². The minimum Gasteiger partial charge on any atom is -0.391 e. The van der Waals surface area contributed by atoms with Gasteiger partial charge in [0.1, 0.15) is 30.2 Å². The van der Waals surface area contributed by atoms with Gasteiger partial charge in [0.2, 0.25) is 0 Å². The van der Waals surface area contributed by atoms with E-state index in [0.29, 0.717) is 11.2 Å². The zero-order valence-electron chi connectivity index (χ0n) is 10.7. The molecule has 1 fully saturated rings. The molecular weight excluding hydrogens is 266 g/mol. The highest BCUT2D eigenvalue weighted by Gasteiger charge is 2.46. The number of anilines is 1. The van der Waals surface area contributed by atoms with Crippen molar-refractivity contribution in [1.82, 2.24) is 19.5 Å². The Bertz CT molecular complexity index is 630. The molecule has 0 saturated carbocycles. The van der Waals surface area contributed by atoms with Crippen LogP contribution in [0, 0.1) is 0 Å². The third-order valence-corrected chi connectivity index (χ3v) is 3.41. The van der Waals surface area contributed by atoms with Gasteiger partial charge in [0.05, 0.1) is 12.4 Å². The summed E-state index contributed by atoms with van der Waals surface area (Å²) in [5.41, 5.74) is 6.46. The molecule has 2 aromatic rings. The van der Waals surface area contributed by atoms with E-state index in [1.165, 1.54) is 24.1 Å². The van der Waals surface area contributed by atoms with Crippen LogP contribution in [0.25, 0.3) is 11.2 Å². The molecule has 1 aliphatic heterocycles. The maximum atomic E-state index is 10.1. The summed E-state index contributed by atoms with van der Waals surface area (Å²) in [4.78, 5) is 11.9. The molecule has 0 aromatic carbocycles. The molecule has 0 bridgehead atoms. The summed E-state index contributed by atoms with van der Waals surface area (Å²) in [7, 11) is 0. The molecule has 2 aromatic heterocycles. The Hall–Kier alpha value is -1.81. The smallest absolute Gasteiger partial charge is 0.167 e. The van der Waals surface area contributed by atoms with Gasteiger partial charge >= 0.3 is 0 Å². The largest absolute Gasteiger partial charge is 0.391 e. The number of aliphatic hydroxyl groups is 3. The van der Waals surface area contributed by atoms with Crippen molar-refractivity contribution >= 4 is 17.0 Å². The Morgan fingerprint density at radius 1 is 1.30 bits per heavy atom. The van der Waals surface area contributed by atoms with Crippen LogP contribution >= 0.6 is 0 Å². The molecule has 9 heteroatoms. The van der Waals surface area contributed by atoms with Crippen LogP contribution in [0.3, 0.4) is 0 Å². The van der Waals surface area contributed by atoms with Crippen molar-refractivity contribution in [2.45, 2.75) is 37.6 Å². The van der Waals surface area contributed by atoms with Crippen molar-refractivity contribution in [1.29, 1.82) is 0 Å². The van der Waals surface area contributed by atoms with Crippen molar-refractivity contribution in [3.05, 3.63) is 12.7 Å². The number of nitrogens with two attached hydrogens (primary N) is 1. The topological polar surface area (TPSA) is 140 Å². The van der Waals surface area contributed by atoms with E-state index in [9.17, 15) is 15.3 Å². The molecule has 1 unspecified atom stereocenters. The first-order chi connectivity index (χ1) is 9.50. The van der Waals surface area contributed by atoms with Crippen LogP contribution in [-0.2, 0) is 4.74 Å². The molecule has 1 aliphatic rings. The summed E-state index contributed by atoms with van der Waals surface area (Å²) in [5, 5.41) is 29.5. The Morgan fingerprint density at radius 3 is 2.70 bits per heavy atom. The molecule has 1 saturated heterocycles. The standard InChI is InChI=1S/C11H15N5O4/c1-4(17)8-6(18)7(19)11(20-8)16-3-15-5-9(12)13-2-14-10(5)16/h2-4,6-8,11,17-19H,1H3,(H2,12,13,14)/t4?,6-,7+,8-,11+/m0/s1. The summed E-state index contributed by atoms with van der Waals surface area (Å²) in [5.74, 6) is 0.217. The molecule has 0 radical (unpaired) electrons. The van der Waals surface area contributed by atoms with Crippen molar-refractivity contribution in [3.63, 3.8) is 0 Å². The Balaban J connectivity index is 2.02. The van der Waals surface area contributed by atoms with Crippen LogP contribution in [0.1, 0.15) is 13.2 Å². The van der Waals surface area contributed by atoms with Crippen LogP contribution in [0.5, 0.6) is 0 Å². The summed E-state index contributed by atoms with van der Waals surface area (Å²) >= 11 is 0. The minimum atomic E-state index is -1.21. The second-order valence-corrected chi connectivity index (χ2v) is 4.80. The number of aliphatic hydroxyl groups excluding tert-OH is 3. The molecule has 0 spiro atoms. The molecule has 20 heavy (non-hydrogen) atoms. The fourth-order valence-corrected chi connectivity index (χ4v) is 2.37. The number of hydrogen-bond acceptors (Lipinski definition) is 8. The van der Waals surface area contributed by atoms with Crippen LogP contribution < -0.4 is 5.73 Å². The zero-order valence-corrected chi connectivity index (χ0v) is 10.7. The molecule has 108 valence electrons. The minimum absolute atomic E-state index is 0.217. The summed E-state index contributed by atoms with van der Waals surface area (Å²) in [6, 6.07) is 0. The van der Waals surface area contributed by atoms with Gasteiger partial charge in [-0.3, -0.25) is 4.57 Å². The average Bonchev–Trinajstić information content (AvgIpc) is 2.94. The molecule has 0 amide bonds. The van der Waals surface area contributed by atoms with Crippen molar-refractivity contribution in [2.24, 2.45) is 0 Å². The van der Waals surface area contributed by atoms with Crippen LogP contribution in [0.2, 0.25) is 0 Å².